The summed E-state index contributed by atoms with van der Waals surface area (Å²) in [7, 11) is 0. The molecule has 3 rings (SSSR count). The van der Waals surface area contributed by atoms with Crippen molar-refractivity contribution in [2.45, 2.75) is 20.1 Å². The molecule has 19 heavy (non-hydrogen) atoms. The number of benzene rings is 1. The van der Waals surface area contributed by atoms with Crippen molar-refractivity contribution in [2.24, 2.45) is 5.73 Å². The van der Waals surface area contributed by atoms with Gasteiger partial charge in [0.25, 0.3) is 0 Å². The molecule has 2 heterocycles. The van der Waals surface area contributed by atoms with Gasteiger partial charge in [-0.1, -0.05) is 0 Å². The van der Waals surface area contributed by atoms with Crippen LogP contribution in [0.5, 0.6) is 17.2 Å². The van der Waals surface area contributed by atoms with Gasteiger partial charge in [0, 0.05) is 11.6 Å². The number of nitrogens with two attached hydrogens (primary N) is 1. The molecule has 2 aromatic rings. The molecule has 0 saturated carbocycles. The largest absolute Gasteiger partial charge is 0.489 e. The lowest BCUT2D eigenvalue weighted by Crippen LogP contribution is -1.96. The Labute approximate surface area is 110 Å². The molecule has 0 unspecified atom stereocenters. The van der Waals surface area contributed by atoms with Crippen LogP contribution in [-0.2, 0) is 13.2 Å². The highest BCUT2D eigenvalue weighted by atomic mass is 16.7. The van der Waals surface area contributed by atoms with E-state index in [9.17, 15) is 0 Å². The van der Waals surface area contributed by atoms with E-state index in [0.717, 1.165) is 28.6 Å². The van der Waals surface area contributed by atoms with Gasteiger partial charge in [-0.25, -0.2) is 0 Å². The zero-order chi connectivity index (χ0) is 13.2. The third-order valence-corrected chi connectivity index (χ3v) is 3.01. The molecule has 1 aliphatic heterocycles. The Morgan fingerprint density at radius 1 is 1.21 bits per heavy atom. The minimum atomic E-state index is 0.263. The van der Waals surface area contributed by atoms with Gasteiger partial charge in [0.2, 0.25) is 6.79 Å². The average molecular weight is 261 g/mol. The predicted molar refractivity (Wildman–Crippen MR) is 68.2 cm³/mol. The molecule has 2 N–H and O–H groups in total. The van der Waals surface area contributed by atoms with Crippen LogP contribution in [0.15, 0.2) is 28.7 Å². The van der Waals surface area contributed by atoms with E-state index < -0.39 is 0 Å². The molecular weight excluding hydrogens is 246 g/mol. The quantitative estimate of drug-likeness (QED) is 0.915. The van der Waals surface area contributed by atoms with Crippen LogP contribution in [-0.4, -0.2) is 6.79 Å². The maximum absolute atomic E-state index is 5.72. The summed E-state index contributed by atoms with van der Waals surface area (Å²) in [4.78, 5) is 0. The second-order valence-corrected chi connectivity index (χ2v) is 4.30. The molecule has 5 heteroatoms. The Hall–Kier alpha value is -2.14. The van der Waals surface area contributed by atoms with E-state index in [4.69, 9.17) is 24.4 Å². The summed E-state index contributed by atoms with van der Waals surface area (Å²) in [6.07, 6.45) is 0. The number of rotatable bonds is 4. The monoisotopic (exact) mass is 261 g/mol. The van der Waals surface area contributed by atoms with Crippen molar-refractivity contribution in [3.8, 4) is 17.2 Å². The number of aryl methyl sites for hydroxylation is 1. The third kappa shape index (κ3) is 2.37. The summed E-state index contributed by atoms with van der Waals surface area (Å²) < 4.78 is 21.7. The summed E-state index contributed by atoms with van der Waals surface area (Å²) in [5.74, 6) is 3.79. The molecule has 0 bridgehead atoms. The van der Waals surface area contributed by atoms with E-state index in [1.165, 1.54) is 0 Å². The fraction of sp³-hybridized carbons (Fsp3) is 0.286. The smallest absolute Gasteiger partial charge is 0.231 e. The highest BCUT2D eigenvalue weighted by molar-refractivity contribution is 5.46. The molecule has 0 amide bonds. The van der Waals surface area contributed by atoms with Crippen LogP contribution in [0, 0.1) is 6.92 Å². The SMILES string of the molecule is Cc1oc(CN)cc1COc1ccc2c(c1)OCO2. The van der Waals surface area contributed by atoms with Gasteiger partial charge in [0.1, 0.15) is 23.9 Å². The minimum Gasteiger partial charge on any atom is -0.489 e. The van der Waals surface area contributed by atoms with Crippen molar-refractivity contribution in [1.29, 1.82) is 0 Å². The Balaban J connectivity index is 1.70. The molecule has 0 atom stereocenters. The minimum absolute atomic E-state index is 0.263. The number of furan rings is 1. The summed E-state index contributed by atoms with van der Waals surface area (Å²) in [5.41, 5.74) is 6.53. The fourth-order valence-corrected chi connectivity index (χ4v) is 1.96. The average Bonchev–Trinajstić information content (AvgIpc) is 3.02. The molecule has 5 nitrogen and oxygen atoms in total. The van der Waals surface area contributed by atoms with Gasteiger partial charge in [0.15, 0.2) is 11.5 Å². The maximum atomic E-state index is 5.72. The normalized spacial score (nSPS) is 12.7. The highest BCUT2D eigenvalue weighted by Gasteiger charge is 2.14. The second-order valence-electron chi connectivity index (χ2n) is 4.30. The van der Waals surface area contributed by atoms with Crippen LogP contribution in [0.1, 0.15) is 17.1 Å². The molecule has 1 aromatic carbocycles. The van der Waals surface area contributed by atoms with Gasteiger partial charge in [0.05, 0.1) is 6.54 Å². The van der Waals surface area contributed by atoms with Crippen molar-refractivity contribution in [2.75, 3.05) is 6.79 Å². The summed E-state index contributed by atoms with van der Waals surface area (Å²) in [6.45, 7) is 3.00. The Morgan fingerprint density at radius 2 is 2.05 bits per heavy atom. The van der Waals surface area contributed by atoms with Gasteiger partial charge in [-0.15, -0.1) is 0 Å². The van der Waals surface area contributed by atoms with Gasteiger partial charge >= 0.3 is 0 Å². The van der Waals surface area contributed by atoms with Crippen molar-refractivity contribution in [3.05, 3.63) is 41.3 Å². The molecule has 0 aliphatic carbocycles. The first-order chi connectivity index (χ1) is 9.26. The zero-order valence-electron chi connectivity index (χ0n) is 10.6. The standard InChI is InChI=1S/C14H15NO4/c1-9-10(4-12(6-15)19-9)7-16-11-2-3-13-14(5-11)18-8-17-13/h2-5H,6-8,15H2,1H3. The van der Waals surface area contributed by atoms with Crippen LogP contribution >= 0.6 is 0 Å². The van der Waals surface area contributed by atoms with Crippen molar-refractivity contribution in [1.82, 2.24) is 0 Å². The van der Waals surface area contributed by atoms with Crippen molar-refractivity contribution in [3.63, 3.8) is 0 Å². The zero-order valence-corrected chi connectivity index (χ0v) is 10.6. The van der Waals surface area contributed by atoms with Crippen molar-refractivity contribution >= 4 is 0 Å². The number of ether oxygens (including phenoxy) is 3. The van der Waals surface area contributed by atoms with Crippen LogP contribution in [0.2, 0.25) is 0 Å². The van der Waals surface area contributed by atoms with E-state index in [2.05, 4.69) is 0 Å². The van der Waals surface area contributed by atoms with Gasteiger partial charge < -0.3 is 24.4 Å². The van der Waals surface area contributed by atoms with Crippen LogP contribution in [0.4, 0.5) is 0 Å². The first-order valence-electron chi connectivity index (χ1n) is 6.07. The van der Waals surface area contributed by atoms with E-state index in [1.807, 2.05) is 31.2 Å². The van der Waals surface area contributed by atoms with Crippen LogP contribution in [0.3, 0.4) is 0 Å². The van der Waals surface area contributed by atoms with E-state index in [-0.39, 0.29) is 6.79 Å². The number of hydrogen-bond acceptors (Lipinski definition) is 5. The lowest BCUT2D eigenvalue weighted by atomic mass is 10.2. The molecule has 0 spiro atoms. The summed E-state index contributed by atoms with van der Waals surface area (Å²) in [5, 5.41) is 0. The highest BCUT2D eigenvalue weighted by Crippen LogP contribution is 2.35. The lowest BCUT2D eigenvalue weighted by Gasteiger charge is -2.06. The van der Waals surface area contributed by atoms with Gasteiger partial charge in [-0.05, 0) is 25.1 Å². The Bertz CT molecular complexity index is 591. The molecular formula is C14H15NO4. The Kier molecular flexibility index (Phi) is 3.05. The fourth-order valence-electron chi connectivity index (χ4n) is 1.96. The van der Waals surface area contributed by atoms with E-state index in [1.54, 1.807) is 0 Å². The molecule has 1 aromatic heterocycles. The predicted octanol–water partition coefficient (Wildman–Crippen LogP) is 2.35. The molecule has 0 fully saturated rings. The maximum Gasteiger partial charge on any atom is 0.231 e. The van der Waals surface area contributed by atoms with Crippen molar-refractivity contribution < 1.29 is 18.6 Å². The lowest BCUT2D eigenvalue weighted by molar-refractivity contribution is 0.173. The summed E-state index contributed by atoms with van der Waals surface area (Å²) >= 11 is 0. The van der Waals surface area contributed by atoms with E-state index in [0.29, 0.717) is 18.9 Å². The molecule has 0 saturated heterocycles. The third-order valence-electron chi connectivity index (χ3n) is 3.01. The number of fused-ring (bicyclic) bond motifs is 1. The van der Waals surface area contributed by atoms with E-state index >= 15 is 0 Å². The molecule has 0 radical (unpaired) electrons. The molecule has 100 valence electrons. The van der Waals surface area contributed by atoms with Crippen LogP contribution in [0.25, 0.3) is 0 Å². The second kappa shape index (κ2) is 4.85. The number of hydrogen-bond donors (Lipinski definition) is 1. The summed E-state index contributed by atoms with van der Waals surface area (Å²) in [6, 6.07) is 7.43. The molecule has 1 aliphatic rings. The topological polar surface area (TPSA) is 66.9 Å². The van der Waals surface area contributed by atoms with Crippen LogP contribution < -0.4 is 19.9 Å². The van der Waals surface area contributed by atoms with Gasteiger partial charge in [-0.3, -0.25) is 0 Å². The first-order valence-corrected chi connectivity index (χ1v) is 6.07. The van der Waals surface area contributed by atoms with Gasteiger partial charge in [-0.2, -0.15) is 0 Å². The Morgan fingerprint density at radius 3 is 2.84 bits per heavy atom. The first kappa shape index (κ1) is 11.9.